The first-order valence-electron chi connectivity index (χ1n) is 6.72. The van der Waals surface area contributed by atoms with Crippen molar-refractivity contribution >= 4 is 17.8 Å². The van der Waals surface area contributed by atoms with Gasteiger partial charge in [-0.05, 0) is 35.4 Å². The molecule has 3 N–H and O–H groups in total. The molecule has 0 saturated heterocycles. The number of carbonyl (C=O) groups excluding carboxylic acids is 1. The maximum atomic E-state index is 11.1. The number of benzene rings is 1. The number of carboxylic acid groups (broad SMARTS) is 1. The third-order valence-corrected chi connectivity index (χ3v) is 3.03. The van der Waals surface area contributed by atoms with Crippen molar-refractivity contribution in [3.05, 3.63) is 83.2 Å². The molecule has 1 aliphatic carbocycles. The zero-order chi connectivity index (χ0) is 16.8. The first-order valence-corrected chi connectivity index (χ1v) is 6.72. The molecule has 0 heterocycles. The SMILES string of the molecule is O=C1C=C\C(=C/C=C/C=C/c2ccc(O)c(C(=O)O)c2)C=C1O. The molecule has 0 spiro atoms. The van der Waals surface area contributed by atoms with E-state index in [0.717, 1.165) is 0 Å². The van der Waals surface area contributed by atoms with Crippen LogP contribution in [0.4, 0.5) is 0 Å². The summed E-state index contributed by atoms with van der Waals surface area (Å²) in [5.41, 5.74) is 1.17. The quantitative estimate of drug-likeness (QED) is 0.742. The number of allylic oxidation sites excluding steroid dienone is 8. The lowest BCUT2D eigenvalue weighted by Gasteiger charge is -2.01. The van der Waals surface area contributed by atoms with E-state index in [-0.39, 0.29) is 17.1 Å². The maximum Gasteiger partial charge on any atom is 0.339 e. The molecule has 0 unspecified atom stereocenters. The zero-order valence-corrected chi connectivity index (χ0v) is 12.0. The van der Waals surface area contributed by atoms with E-state index in [1.54, 1.807) is 42.5 Å². The summed E-state index contributed by atoms with van der Waals surface area (Å²) in [6, 6.07) is 4.30. The van der Waals surface area contributed by atoms with E-state index in [0.29, 0.717) is 11.1 Å². The number of aliphatic hydroxyl groups is 1. The van der Waals surface area contributed by atoms with Crippen molar-refractivity contribution < 1.29 is 24.9 Å². The lowest BCUT2D eigenvalue weighted by Crippen LogP contribution is -2.01. The summed E-state index contributed by atoms with van der Waals surface area (Å²) in [6.45, 7) is 0. The summed E-state index contributed by atoms with van der Waals surface area (Å²) >= 11 is 0. The number of carbonyl (C=O) groups is 2. The number of rotatable bonds is 4. The van der Waals surface area contributed by atoms with Gasteiger partial charge >= 0.3 is 5.97 Å². The number of ketones is 1. The van der Waals surface area contributed by atoms with Crippen LogP contribution in [0.3, 0.4) is 0 Å². The maximum absolute atomic E-state index is 11.1. The molecule has 5 heteroatoms. The molecule has 5 nitrogen and oxygen atoms in total. The van der Waals surface area contributed by atoms with Crippen LogP contribution >= 0.6 is 0 Å². The molecule has 0 radical (unpaired) electrons. The highest BCUT2D eigenvalue weighted by atomic mass is 16.4. The van der Waals surface area contributed by atoms with Crippen molar-refractivity contribution in [2.75, 3.05) is 0 Å². The Kier molecular flexibility index (Phi) is 4.94. The third-order valence-electron chi connectivity index (χ3n) is 3.03. The first kappa shape index (κ1) is 16.0. The average Bonchev–Trinajstić information content (AvgIpc) is 2.51. The van der Waals surface area contributed by atoms with Crippen molar-refractivity contribution in [1.29, 1.82) is 0 Å². The van der Waals surface area contributed by atoms with Crippen LogP contribution in [0.1, 0.15) is 15.9 Å². The van der Waals surface area contributed by atoms with Crippen molar-refractivity contribution in [1.82, 2.24) is 0 Å². The summed E-state index contributed by atoms with van der Waals surface area (Å²) in [7, 11) is 0. The molecule has 1 aromatic carbocycles. The van der Waals surface area contributed by atoms with Gasteiger partial charge in [-0.25, -0.2) is 4.79 Å². The smallest absolute Gasteiger partial charge is 0.339 e. The Morgan fingerprint density at radius 2 is 1.83 bits per heavy atom. The summed E-state index contributed by atoms with van der Waals surface area (Å²) in [5.74, 6) is -2.19. The second-order valence-electron chi connectivity index (χ2n) is 4.72. The van der Waals surface area contributed by atoms with E-state index in [2.05, 4.69) is 0 Å². The molecule has 23 heavy (non-hydrogen) atoms. The fraction of sp³-hybridized carbons (Fsp3) is 0. The van der Waals surface area contributed by atoms with Crippen molar-refractivity contribution in [2.45, 2.75) is 0 Å². The van der Waals surface area contributed by atoms with Gasteiger partial charge in [0, 0.05) is 0 Å². The normalized spacial score (nSPS) is 16.4. The van der Waals surface area contributed by atoms with Crippen molar-refractivity contribution in [2.24, 2.45) is 0 Å². The largest absolute Gasteiger partial charge is 0.507 e. The van der Waals surface area contributed by atoms with Gasteiger partial charge in [-0.2, -0.15) is 0 Å². The molecule has 1 aromatic rings. The van der Waals surface area contributed by atoms with Gasteiger partial charge in [-0.15, -0.1) is 0 Å². The zero-order valence-electron chi connectivity index (χ0n) is 12.0. The van der Waals surface area contributed by atoms with E-state index in [1.807, 2.05) is 0 Å². The molecule has 0 atom stereocenters. The molecule has 0 saturated carbocycles. The molecular weight excluding hydrogens is 296 g/mol. The van der Waals surface area contributed by atoms with Gasteiger partial charge in [0.1, 0.15) is 11.3 Å². The molecule has 2 rings (SSSR count). The highest BCUT2D eigenvalue weighted by molar-refractivity contribution is 6.04. The summed E-state index contributed by atoms with van der Waals surface area (Å²) in [5, 5.41) is 27.6. The molecule has 116 valence electrons. The molecule has 1 aliphatic rings. The van der Waals surface area contributed by atoms with Crippen LogP contribution in [0.2, 0.25) is 0 Å². The Morgan fingerprint density at radius 3 is 2.52 bits per heavy atom. The molecule has 0 aromatic heterocycles. The number of aromatic hydroxyl groups is 1. The van der Waals surface area contributed by atoms with Crippen LogP contribution in [0, 0.1) is 0 Å². The Hall–Kier alpha value is -3.34. The Labute approximate surface area is 132 Å². The lowest BCUT2D eigenvalue weighted by molar-refractivity contribution is -0.113. The molecule has 0 amide bonds. The predicted octanol–water partition coefficient (Wildman–Crippen LogP) is 3.17. The van der Waals surface area contributed by atoms with Crippen molar-refractivity contribution in [3.8, 4) is 5.75 Å². The van der Waals surface area contributed by atoms with Crippen LogP contribution < -0.4 is 0 Å². The van der Waals surface area contributed by atoms with E-state index < -0.39 is 11.8 Å². The topological polar surface area (TPSA) is 94.8 Å². The molecule has 0 aliphatic heterocycles. The first-order chi connectivity index (χ1) is 11.0. The minimum absolute atomic E-state index is 0.157. The van der Waals surface area contributed by atoms with Crippen LogP contribution in [0.25, 0.3) is 6.08 Å². The second-order valence-corrected chi connectivity index (χ2v) is 4.72. The minimum Gasteiger partial charge on any atom is -0.507 e. The average molecular weight is 310 g/mol. The highest BCUT2D eigenvalue weighted by Gasteiger charge is 2.09. The monoisotopic (exact) mass is 310 g/mol. The minimum atomic E-state index is -1.19. The van der Waals surface area contributed by atoms with E-state index in [1.165, 1.54) is 24.3 Å². The number of aromatic carboxylic acids is 1. The summed E-state index contributed by atoms with van der Waals surface area (Å²) in [4.78, 5) is 22.0. The van der Waals surface area contributed by atoms with E-state index >= 15 is 0 Å². The van der Waals surface area contributed by atoms with Crippen LogP contribution in [0.15, 0.2) is 72.1 Å². The number of aliphatic hydroxyl groups excluding tert-OH is 1. The standard InChI is InChI=1S/C18H14O5/c19-15-8-6-12(10-14(15)18(22)23)4-2-1-3-5-13-7-9-16(20)17(21)11-13/h1-11,19,21H,(H,22,23)/b3-1+,4-2+,13-5+. The second kappa shape index (κ2) is 7.09. The fourth-order valence-corrected chi connectivity index (χ4v) is 1.86. The summed E-state index contributed by atoms with van der Waals surface area (Å²) < 4.78 is 0. The molecule has 0 bridgehead atoms. The van der Waals surface area contributed by atoms with E-state index in [9.17, 15) is 19.8 Å². The molecular formula is C18H14O5. The van der Waals surface area contributed by atoms with Crippen LogP contribution in [-0.2, 0) is 4.79 Å². The van der Waals surface area contributed by atoms with Crippen LogP contribution in [0.5, 0.6) is 5.75 Å². The Morgan fingerprint density at radius 1 is 1.04 bits per heavy atom. The van der Waals surface area contributed by atoms with Gasteiger partial charge in [0.05, 0.1) is 0 Å². The van der Waals surface area contributed by atoms with Crippen molar-refractivity contribution in [3.63, 3.8) is 0 Å². The number of hydrogen-bond donors (Lipinski definition) is 3. The Bertz CT molecular complexity index is 792. The van der Waals surface area contributed by atoms with Gasteiger partial charge in [0.2, 0.25) is 5.78 Å². The Balaban J connectivity index is 2.05. The van der Waals surface area contributed by atoms with E-state index in [4.69, 9.17) is 5.11 Å². The van der Waals surface area contributed by atoms with Gasteiger partial charge in [0.25, 0.3) is 0 Å². The fourth-order valence-electron chi connectivity index (χ4n) is 1.86. The van der Waals surface area contributed by atoms with Gasteiger partial charge in [0.15, 0.2) is 5.76 Å². The predicted molar refractivity (Wildman–Crippen MR) is 86.2 cm³/mol. The van der Waals surface area contributed by atoms with Crippen LogP contribution in [-0.4, -0.2) is 27.1 Å². The lowest BCUT2D eigenvalue weighted by atomic mass is 10.1. The number of carboxylic acids is 1. The highest BCUT2D eigenvalue weighted by Crippen LogP contribution is 2.19. The van der Waals surface area contributed by atoms with Gasteiger partial charge in [-0.1, -0.05) is 42.5 Å². The van der Waals surface area contributed by atoms with Gasteiger partial charge in [-0.3, -0.25) is 4.79 Å². The number of phenols is 1. The third kappa shape index (κ3) is 4.31. The summed E-state index contributed by atoms with van der Waals surface area (Å²) in [6.07, 6.45) is 12.8. The molecule has 0 fully saturated rings. The number of hydrogen-bond acceptors (Lipinski definition) is 4. The van der Waals surface area contributed by atoms with Gasteiger partial charge < -0.3 is 15.3 Å².